The Hall–Kier alpha value is -1.82. The molecule has 1 heterocycles. The van der Waals surface area contributed by atoms with Crippen LogP contribution in [0.25, 0.3) is 0 Å². The van der Waals surface area contributed by atoms with Crippen molar-refractivity contribution in [2.24, 2.45) is 0 Å². The van der Waals surface area contributed by atoms with Crippen molar-refractivity contribution >= 4 is 17.7 Å². The van der Waals surface area contributed by atoms with E-state index in [0.717, 1.165) is 0 Å². The number of ether oxygens (including phenoxy) is 1. The summed E-state index contributed by atoms with van der Waals surface area (Å²) in [6, 6.07) is 10.2. The molecule has 0 saturated heterocycles. The predicted octanol–water partition coefficient (Wildman–Crippen LogP) is 3.85. The minimum absolute atomic E-state index is 0.160. The van der Waals surface area contributed by atoms with E-state index in [1.807, 2.05) is 39.0 Å². The van der Waals surface area contributed by atoms with E-state index in [0.29, 0.717) is 23.5 Å². The van der Waals surface area contributed by atoms with Gasteiger partial charge in [-0.05, 0) is 32.3 Å². The number of hydrogen-bond donors (Lipinski definition) is 0. The summed E-state index contributed by atoms with van der Waals surface area (Å²) in [6.07, 6.45) is 0.671. The van der Waals surface area contributed by atoms with Gasteiger partial charge in [0.05, 0.1) is 0 Å². The highest BCUT2D eigenvalue weighted by Crippen LogP contribution is 2.22. The molecule has 0 spiro atoms. The zero-order chi connectivity index (χ0) is 16.9. The van der Waals surface area contributed by atoms with Gasteiger partial charge in [0.1, 0.15) is 11.4 Å². The normalized spacial score (nSPS) is 12.9. The molecule has 0 bridgehead atoms. The quantitative estimate of drug-likeness (QED) is 0.590. The van der Waals surface area contributed by atoms with Crippen LogP contribution in [0.15, 0.2) is 40.0 Å². The lowest BCUT2D eigenvalue weighted by Crippen LogP contribution is -2.24. The summed E-state index contributed by atoms with van der Waals surface area (Å²) in [6.45, 7) is 7.63. The zero-order valence-corrected chi connectivity index (χ0v) is 14.7. The van der Waals surface area contributed by atoms with Crippen LogP contribution >= 0.6 is 11.8 Å². The molecule has 1 atom stereocenters. The van der Waals surface area contributed by atoms with Crippen LogP contribution in [0.5, 0.6) is 0 Å². The summed E-state index contributed by atoms with van der Waals surface area (Å²) in [4.78, 5) is 11.7. The van der Waals surface area contributed by atoms with Crippen LogP contribution in [0.1, 0.15) is 45.1 Å². The average molecular weight is 334 g/mol. The van der Waals surface area contributed by atoms with Crippen LogP contribution in [-0.2, 0) is 16.0 Å². The first-order valence-electron chi connectivity index (χ1n) is 7.55. The lowest BCUT2D eigenvalue weighted by Gasteiger charge is -2.18. The Kier molecular flexibility index (Phi) is 5.82. The number of thioether (sulfide) groups is 1. The van der Waals surface area contributed by atoms with E-state index < -0.39 is 5.60 Å². The molecule has 0 aliphatic carbocycles. The molecule has 0 amide bonds. The Bertz CT molecular complexity index is 635. The van der Waals surface area contributed by atoms with Crippen molar-refractivity contribution in [2.45, 2.75) is 50.9 Å². The number of nitrogens with zero attached hydrogens (tertiary/aromatic N) is 2. The number of carbonyl (C=O) groups excluding carboxylic acids is 1. The highest BCUT2D eigenvalue weighted by molar-refractivity contribution is 7.99. The molecule has 0 aliphatic rings. The third kappa shape index (κ3) is 6.06. The van der Waals surface area contributed by atoms with E-state index >= 15 is 0 Å². The Labute approximate surface area is 140 Å². The highest BCUT2D eigenvalue weighted by atomic mass is 32.2. The summed E-state index contributed by atoms with van der Waals surface area (Å²) in [5.41, 5.74) is 0.747. The maximum atomic E-state index is 11.7. The van der Waals surface area contributed by atoms with Crippen molar-refractivity contribution < 1.29 is 13.9 Å². The molecule has 0 radical (unpaired) electrons. The maximum absolute atomic E-state index is 11.7. The van der Waals surface area contributed by atoms with E-state index in [1.54, 1.807) is 0 Å². The molecule has 0 N–H and O–H groups in total. The zero-order valence-electron chi connectivity index (χ0n) is 13.9. The predicted molar refractivity (Wildman–Crippen MR) is 89.4 cm³/mol. The van der Waals surface area contributed by atoms with Crippen LogP contribution in [0.2, 0.25) is 0 Å². The van der Waals surface area contributed by atoms with Crippen molar-refractivity contribution in [2.75, 3.05) is 5.75 Å². The molecule has 2 aromatic rings. The number of esters is 1. The Balaban J connectivity index is 1.85. The molecule has 124 valence electrons. The lowest BCUT2D eigenvalue weighted by molar-refractivity contribution is -0.151. The topological polar surface area (TPSA) is 65.2 Å². The lowest BCUT2D eigenvalue weighted by atomic mass is 9.98. The number of aromatic nitrogens is 2. The van der Waals surface area contributed by atoms with E-state index in [9.17, 15) is 4.79 Å². The van der Waals surface area contributed by atoms with Crippen molar-refractivity contribution in [1.82, 2.24) is 10.2 Å². The van der Waals surface area contributed by atoms with Crippen LogP contribution in [0.3, 0.4) is 0 Å². The molecular weight excluding hydrogens is 312 g/mol. The number of benzene rings is 1. The van der Waals surface area contributed by atoms with Gasteiger partial charge in [-0.1, -0.05) is 49.0 Å². The van der Waals surface area contributed by atoms with Crippen molar-refractivity contribution in [3.63, 3.8) is 0 Å². The van der Waals surface area contributed by atoms with Gasteiger partial charge in [0.15, 0.2) is 0 Å². The van der Waals surface area contributed by atoms with E-state index in [4.69, 9.17) is 9.15 Å². The van der Waals surface area contributed by atoms with Gasteiger partial charge in [-0.3, -0.25) is 4.79 Å². The largest absolute Gasteiger partial charge is 0.459 e. The van der Waals surface area contributed by atoms with Gasteiger partial charge in [-0.25, -0.2) is 0 Å². The Morgan fingerprint density at radius 3 is 2.61 bits per heavy atom. The first-order chi connectivity index (χ1) is 10.8. The van der Waals surface area contributed by atoms with Crippen LogP contribution in [-0.4, -0.2) is 27.5 Å². The molecule has 2 rings (SSSR count). The van der Waals surface area contributed by atoms with Gasteiger partial charge in [-0.15, -0.1) is 10.2 Å². The number of carbonyl (C=O) groups is 1. The van der Waals surface area contributed by atoms with Crippen molar-refractivity contribution in [3.05, 3.63) is 41.8 Å². The fraction of sp³-hybridized carbons (Fsp3) is 0.471. The molecule has 0 saturated carbocycles. The number of hydrogen-bond acceptors (Lipinski definition) is 6. The SMILES string of the molecule is CC(Cc1nnc(SCC(=O)OC(C)(C)C)o1)c1ccccc1. The summed E-state index contributed by atoms with van der Waals surface area (Å²) in [5.74, 6) is 0.737. The molecule has 6 heteroatoms. The second-order valence-corrected chi connectivity index (χ2v) is 7.28. The Morgan fingerprint density at radius 2 is 1.96 bits per heavy atom. The minimum atomic E-state index is -0.483. The first-order valence-corrected chi connectivity index (χ1v) is 8.54. The van der Waals surface area contributed by atoms with Crippen LogP contribution < -0.4 is 0 Å². The second-order valence-electron chi connectivity index (χ2n) is 6.35. The van der Waals surface area contributed by atoms with Gasteiger partial charge in [-0.2, -0.15) is 0 Å². The van der Waals surface area contributed by atoms with Crippen molar-refractivity contribution in [1.29, 1.82) is 0 Å². The number of rotatable bonds is 6. The first kappa shape index (κ1) is 17.5. The molecule has 23 heavy (non-hydrogen) atoms. The molecule has 0 aliphatic heterocycles. The van der Waals surface area contributed by atoms with Crippen LogP contribution in [0.4, 0.5) is 0 Å². The molecule has 1 aromatic carbocycles. The standard InChI is InChI=1S/C17H22N2O3S/c1-12(13-8-6-5-7-9-13)10-14-18-19-16(21-14)23-11-15(20)22-17(2,3)4/h5-9,12H,10-11H2,1-4H3. The average Bonchev–Trinajstić information content (AvgIpc) is 2.92. The summed E-state index contributed by atoms with van der Waals surface area (Å²) < 4.78 is 10.8. The molecule has 1 aromatic heterocycles. The molecule has 5 nitrogen and oxygen atoms in total. The fourth-order valence-corrected chi connectivity index (χ4v) is 2.59. The summed E-state index contributed by atoms with van der Waals surface area (Å²) >= 11 is 1.20. The van der Waals surface area contributed by atoms with E-state index in [-0.39, 0.29) is 11.7 Å². The van der Waals surface area contributed by atoms with Crippen LogP contribution in [0, 0.1) is 0 Å². The maximum Gasteiger partial charge on any atom is 0.316 e. The monoisotopic (exact) mass is 334 g/mol. The smallest absolute Gasteiger partial charge is 0.316 e. The van der Waals surface area contributed by atoms with E-state index in [1.165, 1.54) is 17.3 Å². The van der Waals surface area contributed by atoms with Gasteiger partial charge < -0.3 is 9.15 Å². The van der Waals surface area contributed by atoms with Gasteiger partial charge in [0, 0.05) is 6.42 Å². The summed E-state index contributed by atoms with van der Waals surface area (Å²) in [5, 5.41) is 8.41. The third-order valence-corrected chi connectivity index (χ3v) is 3.82. The molecule has 1 unspecified atom stereocenters. The summed E-state index contributed by atoms with van der Waals surface area (Å²) in [7, 11) is 0. The van der Waals surface area contributed by atoms with Gasteiger partial charge in [0.2, 0.25) is 5.89 Å². The van der Waals surface area contributed by atoms with Gasteiger partial charge in [0.25, 0.3) is 5.22 Å². The van der Waals surface area contributed by atoms with Crippen molar-refractivity contribution in [3.8, 4) is 0 Å². The third-order valence-electron chi connectivity index (χ3n) is 3.03. The molecular formula is C17H22N2O3S. The highest BCUT2D eigenvalue weighted by Gasteiger charge is 2.18. The second kappa shape index (κ2) is 7.64. The molecule has 0 fully saturated rings. The fourth-order valence-electron chi connectivity index (χ4n) is 2.03. The minimum Gasteiger partial charge on any atom is -0.459 e. The van der Waals surface area contributed by atoms with Gasteiger partial charge >= 0.3 is 5.97 Å². The Morgan fingerprint density at radius 1 is 1.26 bits per heavy atom. The van der Waals surface area contributed by atoms with E-state index in [2.05, 4.69) is 29.3 Å².